The molecule has 3 heterocycles. The van der Waals surface area contributed by atoms with Gasteiger partial charge in [-0.2, -0.15) is 5.10 Å². The maximum Gasteiger partial charge on any atom is 0.270 e. The smallest absolute Gasteiger partial charge is 0.270 e. The molecule has 126 valence electrons. The van der Waals surface area contributed by atoms with Crippen LogP contribution < -0.4 is 10.6 Å². The Morgan fingerprint density at radius 3 is 2.88 bits per heavy atom. The fourth-order valence-corrected chi connectivity index (χ4v) is 3.56. The summed E-state index contributed by atoms with van der Waals surface area (Å²) in [4.78, 5) is 28.7. The van der Waals surface area contributed by atoms with E-state index in [0.29, 0.717) is 30.1 Å². The van der Waals surface area contributed by atoms with Crippen LogP contribution in [-0.2, 0) is 11.8 Å². The van der Waals surface area contributed by atoms with E-state index in [4.69, 9.17) is 0 Å². The molecule has 2 fully saturated rings. The lowest BCUT2D eigenvalue weighted by molar-refractivity contribution is -0.124. The lowest BCUT2D eigenvalue weighted by Gasteiger charge is -2.33. The number of pyridine rings is 1. The lowest BCUT2D eigenvalue weighted by atomic mass is 9.94. The zero-order valence-corrected chi connectivity index (χ0v) is 13.9. The van der Waals surface area contributed by atoms with Gasteiger partial charge in [0.2, 0.25) is 5.91 Å². The van der Waals surface area contributed by atoms with E-state index in [2.05, 4.69) is 20.7 Å². The van der Waals surface area contributed by atoms with Gasteiger partial charge in [0.05, 0.1) is 17.8 Å². The Bertz CT molecular complexity index is 824. The fourth-order valence-electron chi connectivity index (χ4n) is 3.56. The second kappa shape index (κ2) is 5.58. The van der Waals surface area contributed by atoms with Gasteiger partial charge in [-0.05, 0) is 44.2 Å². The summed E-state index contributed by atoms with van der Waals surface area (Å²) >= 11 is 0. The Balaban J connectivity index is 1.55. The third-order valence-corrected chi connectivity index (χ3v) is 4.99. The minimum Gasteiger partial charge on any atom is -0.351 e. The summed E-state index contributed by atoms with van der Waals surface area (Å²) < 4.78 is 1.69. The van der Waals surface area contributed by atoms with Gasteiger partial charge in [-0.25, -0.2) is 4.98 Å². The van der Waals surface area contributed by atoms with Crippen LogP contribution in [0.2, 0.25) is 0 Å². The van der Waals surface area contributed by atoms with Crippen LogP contribution in [0.1, 0.15) is 41.9 Å². The van der Waals surface area contributed by atoms with Gasteiger partial charge in [-0.15, -0.1) is 0 Å². The standard InChI is InChI=1S/C17H21N5O2/c1-9-11-5-6-13(18-16(11)22(2)21-9)17(24)19-12-7-8-14(23)20-15(12)10-3-4-10/h5-6,10,12,15H,3-4,7-8H2,1-2H3,(H,19,24)(H,20,23)/t12-,15+/m1/s1. The molecule has 0 spiro atoms. The molecule has 7 heteroatoms. The Kier molecular flexibility index (Phi) is 3.51. The maximum absolute atomic E-state index is 12.6. The molecule has 1 aliphatic heterocycles. The predicted molar refractivity (Wildman–Crippen MR) is 88.4 cm³/mol. The molecule has 2 aromatic rings. The van der Waals surface area contributed by atoms with Crippen LogP contribution >= 0.6 is 0 Å². The highest BCUT2D eigenvalue weighted by molar-refractivity contribution is 5.95. The number of hydrogen-bond acceptors (Lipinski definition) is 4. The molecule has 7 nitrogen and oxygen atoms in total. The zero-order chi connectivity index (χ0) is 16.8. The number of carbonyl (C=O) groups is 2. The number of aromatic nitrogens is 3. The van der Waals surface area contributed by atoms with Crippen LogP contribution in [0.25, 0.3) is 11.0 Å². The van der Waals surface area contributed by atoms with E-state index in [0.717, 1.165) is 23.9 Å². The molecule has 0 bridgehead atoms. The molecule has 2 amide bonds. The maximum atomic E-state index is 12.6. The van der Waals surface area contributed by atoms with Crippen molar-refractivity contribution in [1.29, 1.82) is 0 Å². The number of nitrogens with one attached hydrogen (secondary N) is 2. The first-order chi connectivity index (χ1) is 11.5. The molecule has 0 aromatic carbocycles. The highest BCUT2D eigenvalue weighted by atomic mass is 16.2. The number of piperidine rings is 1. The molecule has 2 aliphatic rings. The topological polar surface area (TPSA) is 88.9 Å². The molecule has 1 saturated heterocycles. The number of amides is 2. The van der Waals surface area contributed by atoms with Crippen LogP contribution in [0.3, 0.4) is 0 Å². The van der Waals surface area contributed by atoms with Crippen molar-refractivity contribution in [3.63, 3.8) is 0 Å². The van der Waals surface area contributed by atoms with Crippen molar-refractivity contribution in [2.75, 3.05) is 0 Å². The molecule has 0 unspecified atom stereocenters. The Morgan fingerprint density at radius 2 is 2.12 bits per heavy atom. The fraction of sp³-hybridized carbons (Fsp3) is 0.529. The van der Waals surface area contributed by atoms with Crippen molar-refractivity contribution in [2.24, 2.45) is 13.0 Å². The molecule has 0 radical (unpaired) electrons. The monoisotopic (exact) mass is 327 g/mol. The minimum absolute atomic E-state index is 0.0199. The molecule has 2 atom stereocenters. The van der Waals surface area contributed by atoms with Crippen LogP contribution in [0.15, 0.2) is 12.1 Å². The first kappa shape index (κ1) is 15.1. The van der Waals surface area contributed by atoms with Crippen molar-refractivity contribution in [2.45, 2.75) is 44.7 Å². The average molecular weight is 327 g/mol. The number of nitrogens with zero attached hydrogens (tertiary/aromatic N) is 3. The van der Waals surface area contributed by atoms with E-state index in [9.17, 15) is 9.59 Å². The summed E-state index contributed by atoms with van der Waals surface area (Å²) in [5, 5.41) is 11.4. The third-order valence-electron chi connectivity index (χ3n) is 4.99. The van der Waals surface area contributed by atoms with Gasteiger partial charge in [-0.3, -0.25) is 14.3 Å². The molecule has 1 aliphatic carbocycles. The molecular weight excluding hydrogens is 306 g/mol. The number of hydrogen-bond donors (Lipinski definition) is 2. The van der Waals surface area contributed by atoms with Gasteiger partial charge in [0.1, 0.15) is 5.69 Å². The summed E-state index contributed by atoms with van der Waals surface area (Å²) in [5.74, 6) is 0.388. The third kappa shape index (κ3) is 2.64. The van der Waals surface area contributed by atoms with Gasteiger partial charge in [0, 0.05) is 18.9 Å². The van der Waals surface area contributed by atoms with Crippen molar-refractivity contribution < 1.29 is 9.59 Å². The quantitative estimate of drug-likeness (QED) is 0.882. The predicted octanol–water partition coefficient (Wildman–Crippen LogP) is 1.06. The average Bonchev–Trinajstić information content (AvgIpc) is 3.36. The highest BCUT2D eigenvalue weighted by Crippen LogP contribution is 2.36. The van der Waals surface area contributed by atoms with Crippen molar-refractivity contribution in [1.82, 2.24) is 25.4 Å². The largest absolute Gasteiger partial charge is 0.351 e. The number of carbonyl (C=O) groups excluding carboxylic acids is 2. The zero-order valence-electron chi connectivity index (χ0n) is 13.9. The van der Waals surface area contributed by atoms with Crippen molar-refractivity contribution in [3.05, 3.63) is 23.5 Å². The molecule has 2 N–H and O–H groups in total. The van der Waals surface area contributed by atoms with Gasteiger partial charge < -0.3 is 10.6 Å². The summed E-state index contributed by atoms with van der Waals surface area (Å²) in [6, 6.07) is 3.66. The van der Waals surface area contributed by atoms with Crippen LogP contribution in [0.5, 0.6) is 0 Å². The van der Waals surface area contributed by atoms with Gasteiger partial charge in [0.25, 0.3) is 5.91 Å². The van der Waals surface area contributed by atoms with E-state index >= 15 is 0 Å². The summed E-state index contributed by atoms with van der Waals surface area (Å²) in [6.07, 6.45) is 3.39. The van der Waals surface area contributed by atoms with Gasteiger partial charge in [-0.1, -0.05) is 0 Å². The van der Waals surface area contributed by atoms with Crippen LogP contribution in [0, 0.1) is 12.8 Å². The second-order valence-electron chi connectivity index (χ2n) is 6.83. The number of fused-ring (bicyclic) bond motifs is 1. The van der Waals surface area contributed by atoms with E-state index < -0.39 is 0 Å². The molecule has 2 aromatic heterocycles. The Labute approximate surface area is 139 Å². The Morgan fingerprint density at radius 1 is 1.33 bits per heavy atom. The molecule has 24 heavy (non-hydrogen) atoms. The molecule has 1 saturated carbocycles. The van der Waals surface area contributed by atoms with Crippen molar-refractivity contribution in [3.8, 4) is 0 Å². The summed E-state index contributed by atoms with van der Waals surface area (Å²) in [7, 11) is 1.82. The number of aryl methyl sites for hydroxylation is 2. The first-order valence-corrected chi connectivity index (χ1v) is 8.43. The van der Waals surface area contributed by atoms with Crippen LogP contribution in [0.4, 0.5) is 0 Å². The van der Waals surface area contributed by atoms with Crippen LogP contribution in [-0.4, -0.2) is 38.7 Å². The normalized spacial score (nSPS) is 24.0. The lowest BCUT2D eigenvalue weighted by Crippen LogP contribution is -2.56. The molecular formula is C17H21N5O2. The van der Waals surface area contributed by atoms with Crippen molar-refractivity contribution >= 4 is 22.8 Å². The van der Waals surface area contributed by atoms with E-state index in [1.165, 1.54) is 0 Å². The minimum atomic E-state index is -0.192. The van der Waals surface area contributed by atoms with E-state index in [-0.39, 0.29) is 23.9 Å². The van der Waals surface area contributed by atoms with Gasteiger partial charge in [0.15, 0.2) is 5.65 Å². The first-order valence-electron chi connectivity index (χ1n) is 8.43. The Hall–Kier alpha value is -2.44. The highest BCUT2D eigenvalue weighted by Gasteiger charge is 2.40. The van der Waals surface area contributed by atoms with E-state index in [1.54, 1.807) is 10.7 Å². The number of rotatable bonds is 3. The summed E-state index contributed by atoms with van der Waals surface area (Å²) in [6.45, 7) is 1.93. The summed E-state index contributed by atoms with van der Waals surface area (Å²) in [5.41, 5.74) is 1.99. The van der Waals surface area contributed by atoms with E-state index in [1.807, 2.05) is 20.0 Å². The second-order valence-corrected chi connectivity index (χ2v) is 6.83. The molecule has 4 rings (SSSR count). The SMILES string of the molecule is Cc1nn(C)c2nc(C(=O)N[C@@H]3CCC(=O)N[C@H]3C3CC3)ccc12. The van der Waals surface area contributed by atoms with Gasteiger partial charge >= 0.3 is 0 Å².